The largest absolute Gasteiger partial charge is 0.339 e. The minimum absolute atomic E-state index is 0.0894. The van der Waals surface area contributed by atoms with E-state index in [1.807, 2.05) is 6.08 Å². The van der Waals surface area contributed by atoms with Crippen molar-refractivity contribution < 1.29 is 40.2 Å². The van der Waals surface area contributed by atoms with Gasteiger partial charge in [-0.25, -0.2) is 8.42 Å². The van der Waals surface area contributed by atoms with Crippen LogP contribution in [-0.4, -0.2) is 90.2 Å². The molecule has 0 spiro atoms. The molecule has 4 amide bonds. The monoisotopic (exact) mass is 808 g/mol. The van der Waals surface area contributed by atoms with E-state index in [0.29, 0.717) is 36.6 Å². The van der Waals surface area contributed by atoms with Crippen molar-refractivity contribution in [2.45, 2.75) is 98.1 Å². The van der Waals surface area contributed by atoms with Crippen LogP contribution in [0.3, 0.4) is 0 Å². The molecule has 5 atom stereocenters. The first-order chi connectivity index (χ1) is 24.0. The molecule has 3 heterocycles. The van der Waals surface area contributed by atoms with E-state index in [1.165, 1.54) is 39.9 Å². The molecule has 2 aliphatic carbocycles. The molecular formula is C33H41BrN6O9S2. The van der Waals surface area contributed by atoms with Gasteiger partial charge in [0.05, 0.1) is 15.7 Å². The van der Waals surface area contributed by atoms with Crippen molar-refractivity contribution in [2.24, 2.45) is 13.0 Å². The molecule has 1 unspecified atom stereocenters. The number of carbonyl (C=O) groups is 4. The first-order valence-corrected chi connectivity index (χ1v) is 20.6. The van der Waals surface area contributed by atoms with Crippen molar-refractivity contribution in [1.82, 2.24) is 30.0 Å². The standard InChI is InChI=1S/C33H41BrN6O9S2/c1-32(15-16-32)51(47,48)38-31(44)33-19-21(33)8-6-4-3-5-7-9-26(35-28(41)25-14-17-39(2)37-25)30(43)40-20-23(18-27(40)29(42)36-33)49-50(45,46)24-12-10-22(34)11-13-24/h6,8,10-14,17,21,23,26-27H,3-5,7,9,15-16,18-20H2,1-2H3,(H,35,41)(H,36,42)(H,38,44)/b8-6-/t21-,23?,26+,27+,33-/m1/s1. The highest BCUT2D eigenvalue weighted by atomic mass is 79.9. The number of aromatic nitrogens is 2. The summed E-state index contributed by atoms with van der Waals surface area (Å²) < 4.78 is 61.4. The number of benzene rings is 1. The summed E-state index contributed by atoms with van der Waals surface area (Å²) in [7, 11) is -6.71. The lowest BCUT2D eigenvalue weighted by Gasteiger charge is -2.30. The van der Waals surface area contributed by atoms with Crippen molar-refractivity contribution in [1.29, 1.82) is 0 Å². The van der Waals surface area contributed by atoms with Crippen LogP contribution in [0.25, 0.3) is 0 Å². The predicted molar refractivity (Wildman–Crippen MR) is 187 cm³/mol. The number of allylic oxidation sites excluding steroid dienone is 1. The number of carbonyl (C=O) groups excluding carboxylic acids is 4. The second kappa shape index (κ2) is 14.1. The van der Waals surface area contributed by atoms with Gasteiger partial charge in [0.2, 0.25) is 21.8 Å². The van der Waals surface area contributed by atoms with Crippen molar-refractivity contribution in [2.75, 3.05) is 6.54 Å². The zero-order valence-electron chi connectivity index (χ0n) is 28.2. The van der Waals surface area contributed by atoms with E-state index >= 15 is 0 Å². The van der Waals surface area contributed by atoms with Crippen LogP contribution >= 0.6 is 15.9 Å². The minimum Gasteiger partial charge on any atom is -0.339 e. The van der Waals surface area contributed by atoms with Crippen LogP contribution in [-0.2, 0) is 45.8 Å². The summed E-state index contributed by atoms with van der Waals surface area (Å²) in [6.07, 6.45) is 7.71. The molecule has 2 saturated carbocycles. The molecule has 2 aromatic rings. The van der Waals surface area contributed by atoms with E-state index in [1.54, 1.807) is 26.2 Å². The average Bonchev–Trinajstić information content (AvgIpc) is 3.87. The molecule has 6 rings (SSSR count). The fourth-order valence-electron chi connectivity index (χ4n) is 6.54. The Hall–Kier alpha value is -3.61. The molecule has 18 heteroatoms. The quantitative estimate of drug-likeness (QED) is 0.262. The van der Waals surface area contributed by atoms with E-state index in [0.717, 1.165) is 6.42 Å². The summed E-state index contributed by atoms with van der Waals surface area (Å²) in [5.74, 6) is -3.38. The molecule has 0 radical (unpaired) electrons. The van der Waals surface area contributed by atoms with Crippen molar-refractivity contribution >= 4 is 59.7 Å². The van der Waals surface area contributed by atoms with Gasteiger partial charge in [0, 0.05) is 36.6 Å². The molecule has 4 aliphatic rings. The van der Waals surface area contributed by atoms with Gasteiger partial charge in [-0.05, 0) is 75.8 Å². The average molecular weight is 810 g/mol. The molecule has 3 fully saturated rings. The van der Waals surface area contributed by atoms with Gasteiger partial charge in [0.1, 0.15) is 23.3 Å². The third kappa shape index (κ3) is 7.93. The zero-order chi connectivity index (χ0) is 36.8. The lowest BCUT2D eigenvalue weighted by Crippen LogP contribution is -2.58. The molecule has 0 bridgehead atoms. The number of amides is 4. The Morgan fingerprint density at radius 3 is 2.45 bits per heavy atom. The van der Waals surface area contributed by atoms with Gasteiger partial charge in [0.15, 0.2) is 0 Å². The van der Waals surface area contributed by atoms with Crippen LogP contribution in [0.5, 0.6) is 0 Å². The number of nitrogens with one attached hydrogen (secondary N) is 3. The van der Waals surface area contributed by atoms with Crippen molar-refractivity contribution in [3.05, 3.63) is 58.8 Å². The molecule has 276 valence electrons. The van der Waals surface area contributed by atoms with Crippen LogP contribution in [0.2, 0.25) is 0 Å². The van der Waals surface area contributed by atoms with Crippen molar-refractivity contribution in [3.63, 3.8) is 0 Å². The number of nitrogens with zero attached hydrogens (tertiary/aromatic N) is 3. The lowest BCUT2D eigenvalue weighted by molar-refractivity contribution is -0.141. The highest BCUT2D eigenvalue weighted by Gasteiger charge is 2.63. The highest BCUT2D eigenvalue weighted by Crippen LogP contribution is 2.47. The van der Waals surface area contributed by atoms with Gasteiger partial charge in [-0.3, -0.25) is 32.8 Å². The summed E-state index contributed by atoms with van der Waals surface area (Å²) in [6, 6.07) is 4.89. The Morgan fingerprint density at radius 2 is 1.78 bits per heavy atom. The second-order valence-electron chi connectivity index (χ2n) is 14.0. The number of hydrogen-bond acceptors (Lipinski definition) is 10. The number of sulfonamides is 1. The van der Waals surface area contributed by atoms with Gasteiger partial charge in [-0.1, -0.05) is 40.9 Å². The van der Waals surface area contributed by atoms with E-state index < -0.39 is 78.2 Å². The summed E-state index contributed by atoms with van der Waals surface area (Å²) in [6.45, 7) is 1.24. The molecule has 51 heavy (non-hydrogen) atoms. The smallest absolute Gasteiger partial charge is 0.297 e. The normalized spacial score (nSPS) is 28.6. The summed E-state index contributed by atoms with van der Waals surface area (Å²) in [5.41, 5.74) is -1.51. The molecule has 1 aromatic carbocycles. The summed E-state index contributed by atoms with van der Waals surface area (Å²) in [4.78, 5) is 56.5. The number of hydrogen-bond donors (Lipinski definition) is 3. The molecule has 3 N–H and O–H groups in total. The van der Waals surface area contributed by atoms with E-state index in [9.17, 15) is 36.0 Å². The zero-order valence-corrected chi connectivity index (χ0v) is 31.4. The topological polar surface area (TPSA) is 203 Å². The molecule has 1 aromatic heterocycles. The van der Waals surface area contributed by atoms with E-state index in [4.69, 9.17) is 4.18 Å². The van der Waals surface area contributed by atoms with Crippen molar-refractivity contribution in [3.8, 4) is 0 Å². The van der Waals surface area contributed by atoms with Crippen LogP contribution < -0.4 is 15.4 Å². The SMILES string of the molecule is Cn1ccc(C(=O)N[C@H]2CCCCC/C=C\[C@@H]3C[C@@]3(C(=O)NS(=O)(=O)C3(C)CC3)NC(=O)[C@@H]3CC(OS(=O)(=O)c4ccc(Br)cc4)CN3C2=O)n1. The number of aryl methyl sites for hydroxylation is 1. The molecular weight excluding hydrogens is 768 g/mol. The lowest BCUT2D eigenvalue weighted by atomic mass is 10.0. The fourth-order valence-corrected chi connectivity index (χ4v) is 9.19. The van der Waals surface area contributed by atoms with Crippen LogP contribution in [0.4, 0.5) is 0 Å². The number of halogens is 1. The maximum atomic E-state index is 14.3. The number of fused-ring (bicyclic) bond motifs is 2. The van der Waals surface area contributed by atoms with Crippen LogP contribution in [0.1, 0.15) is 75.2 Å². The first-order valence-electron chi connectivity index (χ1n) is 16.9. The minimum atomic E-state index is -4.33. The number of rotatable bonds is 8. The Balaban J connectivity index is 1.30. The molecule has 15 nitrogen and oxygen atoms in total. The second-order valence-corrected chi connectivity index (χ2v) is 18.7. The Labute approximate surface area is 305 Å². The Kier molecular flexibility index (Phi) is 10.3. The first kappa shape index (κ1) is 37.2. The molecule has 2 aliphatic heterocycles. The van der Waals surface area contributed by atoms with E-state index in [2.05, 4.69) is 36.4 Å². The summed E-state index contributed by atoms with van der Waals surface area (Å²) >= 11 is 3.27. The third-order valence-electron chi connectivity index (χ3n) is 10.1. The fraction of sp³-hybridized carbons (Fsp3) is 0.545. The van der Waals surface area contributed by atoms with Gasteiger partial charge in [0.25, 0.3) is 21.9 Å². The maximum absolute atomic E-state index is 14.3. The van der Waals surface area contributed by atoms with Gasteiger partial charge in [-0.15, -0.1) is 0 Å². The van der Waals surface area contributed by atoms with Gasteiger partial charge < -0.3 is 15.5 Å². The summed E-state index contributed by atoms with van der Waals surface area (Å²) in [5, 5.41) is 9.63. The Morgan fingerprint density at radius 1 is 1.06 bits per heavy atom. The third-order valence-corrected chi connectivity index (χ3v) is 14.2. The van der Waals surface area contributed by atoms with Gasteiger partial charge in [-0.2, -0.15) is 13.5 Å². The molecule has 1 saturated heterocycles. The highest BCUT2D eigenvalue weighted by molar-refractivity contribution is 9.10. The Bertz CT molecular complexity index is 1960. The van der Waals surface area contributed by atoms with E-state index in [-0.39, 0.29) is 36.4 Å². The predicted octanol–water partition coefficient (Wildman–Crippen LogP) is 2.05. The van der Waals surface area contributed by atoms with Crippen LogP contribution in [0, 0.1) is 5.92 Å². The van der Waals surface area contributed by atoms with Gasteiger partial charge >= 0.3 is 0 Å². The van der Waals surface area contributed by atoms with Crippen LogP contribution in [0.15, 0.2) is 58.0 Å². The maximum Gasteiger partial charge on any atom is 0.297 e.